The molecule has 0 bridgehead atoms. The molecule has 0 radical (unpaired) electrons. The number of hydrogen-bond donors (Lipinski definition) is 2. The van der Waals surface area contributed by atoms with Gasteiger partial charge >= 0.3 is 0 Å². The van der Waals surface area contributed by atoms with Crippen LogP contribution >= 0.6 is 23.8 Å². The maximum Gasteiger partial charge on any atom is 0.229 e. The van der Waals surface area contributed by atoms with E-state index >= 15 is 0 Å². The van der Waals surface area contributed by atoms with Gasteiger partial charge in [-0.25, -0.2) is 8.42 Å². The van der Waals surface area contributed by atoms with Crippen LogP contribution in [0.25, 0.3) is 5.69 Å². The van der Waals surface area contributed by atoms with E-state index in [1.54, 1.807) is 18.3 Å². The minimum absolute atomic E-state index is 0.191. The Kier molecular flexibility index (Phi) is 6.70. The molecular formula is C27H26ClN5O2S2. The normalized spacial score (nSPS) is 17.6. The van der Waals surface area contributed by atoms with E-state index < -0.39 is 10.0 Å². The monoisotopic (exact) mass is 551 g/mol. The van der Waals surface area contributed by atoms with E-state index in [1.165, 1.54) is 0 Å². The third-order valence-corrected chi connectivity index (χ3v) is 7.59. The maximum absolute atomic E-state index is 11.7. The Balaban J connectivity index is 1.62. The van der Waals surface area contributed by atoms with Gasteiger partial charge in [0.05, 0.1) is 24.0 Å². The van der Waals surface area contributed by atoms with Crippen LogP contribution in [0, 0.1) is 13.8 Å². The number of benzene rings is 2. The summed E-state index contributed by atoms with van der Waals surface area (Å²) in [7, 11) is -3.38. The van der Waals surface area contributed by atoms with Crippen molar-refractivity contribution in [2.45, 2.75) is 25.9 Å². The quantitative estimate of drug-likeness (QED) is 0.300. The molecule has 1 aliphatic rings. The lowest BCUT2D eigenvalue weighted by atomic mass is 9.96. The number of anilines is 2. The van der Waals surface area contributed by atoms with Crippen LogP contribution < -0.4 is 14.9 Å². The molecule has 1 saturated heterocycles. The van der Waals surface area contributed by atoms with Crippen LogP contribution in [0.3, 0.4) is 0 Å². The highest BCUT2D eigenvalue weighted by molar-refractivity contribution is 7.92. The molecule has 2 atom stereocenters. The lowest BCUT2D eigenvalue weighted by molar-refractivity contribution is 0.565. The van der Waals surface area contributed by atoms with Crippen molar-refractivity contribution in [3.63, 3.8) is 0 Å². The number of pyridine rings is 1. The molecule has 0 saturated carbocycles. The summed E-state index contributed by atoms with van der Waals surface area (Å²) < 4.78 is 28.1. The second kappa shape index (κ2) is 9.81. The molecule has 2 aromatic heterocycles. The molecule has 0 amide bonds. The summed E-state index contributed by atoms with van der Waals surface area (Å²) in [4.78, 5) is 6.71. The van der Waals surface area contributed by atoms with Crippen molar-refractivity contribution in [3.05, 3.63) is 107 Å². The van der Waals surface area contributed by atoms with Gasteiger partial charge in [-0.1, -0.05) is 17.7 Å². The zero-order valence-electron chi connectivity index (χ0n) is 20.5. The first-order valence-electron chi connectivity index (χ1n) is 11.7. The van der Waals surface area contributed by atoms with Crippen LogP contribution in [0.15, 0.2) is 79.0 Å². The van der Waals surface area contributed by atoms with E-state index in [9.17, 15) is 8.42 Å². The van der Waals surface area contributed by atoms with E-state index in [-0.39, 0.29) is 12.1 Å². The van der Waals surface area contributed by atoms with Crippen LogP contribution in [-0.4, -0.2) is 29.3 Å². The molecular weight excluding hydrogens is 526 g/mol. The first kappa shape index (κ1) is 25.3. The highest BCUT2D eigenvalue weighted by Crippen LogP contribution is 2.44. The number of thiocarbonyl (C=S) groups is 1. The predicted octanol–water partition coefficient (Wildman–Crippen LogP) is 5.69. The largest absolute Gasteiger partial charge is 0.351 e. The number of halogens is 1. The third-order valence-electron chi connectivity index (χ3n) is 6.42. The standard InChI is InChI=1S/C27H26ClN5O2S2/c1-17-16-23(18(2)32(17)21-11-7-19(28)8-12-21)26-25(24-6-4-5-15-29-24)30-27(36)33(26)22-13-9-20(10-14-22)31-37(3,34)35/h4-16,25-26,31H,1-3H3,(H,30,36). The average molecular weight is 552 g/mol. The number of nitrogens with zero attached hydrogens (tertiary/aromatic N) is 3. The molecule has 0 aliphatic carbocycles. The second-order valence-electron chi connectivity index (χ2n) is 9.06. The number of aryl methyl sites for hydroxylation is 1. The molecule has 10 heteroatoms. The van der Waals surface area contributed by atoms with Crippen LogP contribution in [0.1, 0.15) is 34.7 Å². The molecule has 2 aromatic carbocycles. The lowest BCUT2D eigenvalue weighted by Crippen LogP contribution is -2.29. The lowest BCUT2D eigenvalue weighted by Gasteiger charge is -2.28. The molecule has 190 valence electrons. The summed E-state index contributed by atoms with van der Waals surface area (Å²) in [5.41, 5.74) is 6.51. The van der Waals surface area contributed by atoms with Gasteiger partial charge in [0, 0.05) is 39.7 Å². The fourth-order valence-electron chi connectivity index (χ4n) is 4.93. The van der Waals surface area contributed by atoms with E-state index in [1.807, 2.05) is 54.6 Å². The van der Waals surface area contributed by atoms with Gasteiger partial charge in [0.2, 0.25) is 10.0 Å². The summed E-state index contributed by atoms with van der Waals surface area (Å²) in [6.45, 7) is 4.18. The van der Waals surface area contributed by atoms with Crippen molar-refractivity contribution in [2.24, 2.45) is 0 Å². The molecule has 37 heavy (non-hydrogen) atoms. The van der Waals surface area contributed by atoms with Crippen LogP contribution in [0.2, 0.25) is 5.02 Å². The zero-order chi connectivity index (χ0) is 26.3. The Bertz CT molecular complexity index is 1550. The summed E-state index contributed by atoms with van der Waals surface area (Å²) in [5.74, 6) is 0. The highest BCUT2D eigenvalue weighted by atomic mass is 35.5. The van der Waals surface area contributed by atoms with Crippen molar-refractivity contribution in [2.75, 3.05) is 15.9 Å². The van der Waals surface area contributed by atoms with Gasteiger partial charge in [0.25, 0.3) is 0 Å². The number of aromatic nitrogens is 2. The third kappa shape index (κ3) is 5.07. The van der Waals surface area contributed by atoms with Crippen LogP contribution in [0.4, 0.5) is 11.4 Å². The van der Waals surface area contributed by atoms with E-state index in [2.05, 4.69) is 44.4 Å². The molecule has 0 spiro atoms. The van der Waals surface area contributed by atoms with E-state index in [0.29, 0.717) is 15.8 Å². The minimum Gasteiger partial charge on any atom is -0.351 e. The van der Waals surface area contributed by atoms with Gasteiger partial charge in [-0.3, -0.25) is 9.71 Å². The van der Waals surface area contributed by atoms with Gasteiger partial charge in [-0.15, -0.1) is 0 Å². The molecule has 5 rings (SSSR count). The number of rotatable bonds is 6. The fourth-order valence-corrected chi connectivity index (χ4v) is 5.96. The van der Waals surface area contributed by atoms with Gasteiger partial charge < -0.3 is 14.8 Å². The maximum atomic E-state index is 11.7. The van der Waals surface area contributed by atoms with Crippen molar-refractivity contribution in [1.29, 1.82) is 0 Å². The molecule has 2 N–H and O–H groups in total. The van der Waals surface area contributed by atoms with Crippen LogP contribution in [-0.2, 0) is 10.0 Å². The number of nitrogens with one attached hydrogen (secondary N) is 2. The van der Waals surface area contributed by atoms with E-state index in [4.69, 9.17) is 23.8 Å². The van der Waals surface area contributed by atoms with Crippen molar-refractivity contribution >= 4 is 50.3 Å². The Morgan fingerprint density at radius 3 is 2.30 bits per heavy atom. The number of sulfonamides is 1. The SMILES string of the molecule is Cc1cc(C2C(c3ccccn3)NC(=S)N2c2ccc(NS(C)(=O)=O)cc2)c(C)n1-c1ccc(Cl)cc1. The fraction of sp³-hybridized carbons (Fsp3) is 0.185. The zero-order valence-corrected chi connectivity index (χ0v) is 22.9. The summed E-state index contributed by atoms with van der Waals surface area (Å²) >= 11 is 12.0. The molecule has 1 fully saturated rings. The van der Waals surface area contributed by atoms with Crippen molar-refractivity contribution in [3.8, 4) is 5.69 Å². The molecule has 2 unspecified atom stereocenters. The predicted molar refractivity (Wildman–Crippen MR) is 153 cm³/mol. The Labute approximate surface area is 227 Å². The highest BCUT2D eigenvalue weighted by Gasteiger charge is 2.42. The number of hydrogen-bond acceptors (Lipinski definition) is 4. The second-order valence-corrected chi connectivity index (χ2v) is 11.6. The van der Waals surface area contributed by atoms with Crippen molar-refractivity contribution < 1.29 is 8.42 Å². The minimum atomic E-state index is -3.38. The van der Waals surface area contributed by atoms with Crippen molar-refractivity contribution in [1.82, 2.24) is 14.9 Å². The Hall–Kier alpha value is -3.40. The molecule has 7 nitrogen and oxygen atoms in total. The molecule has 1 aliphatic heterocycles. The Morgan fingerprint density at radius 2 is 1.68 bits per heavy atom. The Morgan fingerprint density at radius 1 is 1.00 bits per heavy atom. The molecule has 3 heterocycles. The van der Waals surface area contributed by atoms with Gasteiger partial charge in [0.1, 0.15) is 0 Å². The smallest absolute Gasteiger partial charge is 0.229 e. The summed E-state index contributed by atoms with van der Waals surface area (Å²) in [6, 6.07) is 22.7. The molecule has 4 aromatic rings. The van der Waals surface area contributed by atoms with Crippen LogP contribution in [0.5, 0.6) is 0 Å². The van der Waals surface area contributed by atoms with Gasteiger partial charge in [-0.05, 0) is 98.4 Å². The average Bonchev–Trinajstić information content (AvgIpc) is 3.35. The van der Waals surface area contributed by atoms with E-state index in [0.717, 1.165) is 40.3 Å². The summed E-state index contributed by atoms with van der Waals surface area (Å²) in [5, 5.41) is 4.74. The van der Waals surface area contributed by atoms with Gasteiger partial charge in [-0.2, -0.15) is 0 Å². The first-order valence-corrected chi connectivity index (χ1v) is 14.3. The first-order chi connectivity index (χ1) is 17.6. The summed E-state index contributed by atoms with van der Waals surface area (Å²) in [6.07, 6.45) is 2.91. The van der Waals surface area contributed by atoms with Gasteiger partial charge in [0.15, 0.2) is 5.11 Å². The topological polar surface area (TPSA) is 79.3 Å².